The molecule has 0 fully saturated rings. The molecule has 0 bridgehead atoms. The van der Waals surface area contributed by atoms with E-state index < -0.39 is 16.0 Å². The van der Waals surface area contributed by atoms with Gasteiger partial charge < -0.3 is 4.74 Å². The summed E-state index contributed by atoms with van der Waals surface area (Å²) in [7, 11) is -2.81. The van der Waals surface area contributed by atoms with Crippen molar-refractivity contribution in [3.8, 4) is 0 Å². The molecule has 1 aromatic carbocycles. The lowest BCUT2D eigenvalue weighted by Gasteiger charge is -2.11. The van der Waals surface area contributed by atoms with Crippen LogP contribution in [-0.4, -0.2) is 26.5 Å². The quantitative estimate of drug-likeness (QED) is 0.624. The van der Waals surface area contributed by atoms with E-state index in [2.05, 4.69) is 30.4 Å². The monoisotopic (exact) mass is 404 g/mol. The SMILES string of the molecule is COC(=O)c1cc(Br)ccc1S(=O)(=O)Nc1ccc(Cl)nc1. The van der Waals surface area contributed by atoms with Crippen LogP contribution in [0, 0.1) is 0 Å². The van der Waals surface area contributed by atoms with E-state index in [0.29, 0.717) is 4.47 Å². The van der Waals surface area contributed by atoms with Crippen molar-refractivity contribution in [2.24, 2.45) is 0 Å². The Labute approximate surface area is 140 Å². The average Bonchev–Trinajstić information content (AvgIpc) is 2.48. The average molecular weight is 406 g/mol. The summed E-state index contributed by atoms with van der Waals surface area (Å²) in [6, 6.07) is 7.11. The lowest BCUT2D eigenvalue weighted by atomic mass is 10.2. The molecule has 0 aliphatic rings. The van der Waals surface area contributed by atoms with Gasteiger partial charge in [0.2, 0.25) is 0 Å². The number of rotatable bonds is 4. The van der Waals surface area contributed by atoms with Gasteiger partial charge in [0.05, 0.1) is 24.6 Å². The first-order chi connectivity index (χ1) is 10.3. The van der Waals surface area contributed by atoms with Crippen LogP contribution in [0.15, 0.2) is 45.9 Å². The van der Waals surface area contributed by atoms with E-state index >= 15 is 0 Å². The zero-order valence-electron chi connectivity index (χ0n) is 11.2. The second kappa shape index (κ2) is 6.64. The summed E-state index contributed by atoms with van der Waals surface area (Å²) in [6.45, 7) is 0. The molecular formula is C13H10BrClN2O4S. The predicted octanol–water partition coefficient (Wildman–Crippen LogP) is 3.08. The molecule has 0 saturated heterocycles. The Morgan fingerprint density at radius 1 is 1.32 bits per heavy atom. The van der Waals surface area contributed by atoms with Crippen LogP contribution in [0.2, 0.25) is 5.15 Å². The van der Waals surface area contributed by atoms with Crippen LogP contribution in [0.5, 0.6) is 0 Å². The van der Waals surface area contributed by atoms with Gasteiger partial charge in [-0.3, -0.25) is 4.72 Å². The number of nitrogens with one attached hydrogen (secondary N) is 1. The van der Waals surface area contributed by atoms with E-state index in [9.17, 15) is 13.2 Å². The predicted molar refractivity (Wildman–Crippen MR) is 85.5 cm³/mol. The smallest absolute Gasteiger partial charge is 0.339 e. The van der Waals surface area contributed by atoms with Crippen molar-refractivity contribution in [3.05, 3.63) is 51.7 Å². The molecule has 2 rings (SSSR count). The summed E-state index contributed by atoms with van der Waals surface area (Å²) in [4.78, 5) is 15.4. The number of halogens is 2. The van der Waals surface area contributed by atoms with E-state index in [4.69, 9.17) is 11.6 Å². The van der Waals surface area contributed by atoms with Crippen molar-refractivity contribution < 1.29 is 17.9 Å². The third-order valence-corrected chi connectivity index (χ3v) is 4.77. The Morgan fingerprint density at radius 3 is 2.64 bits per heavy atom. The van der Waals surface area contributed by atoms with Gasteiger partial charge in [-0.25, -0.2) is 18.2 Å². The fourth-order valence-corrected chi connectivity index (χ4v) is 3.35. The molecule has 1 aromatic heterocycles. The topological polar surface area (TPSA) is 85.4 Å². The molecule has 6 nitrogen and oxygen atoms in total. The molecule has 0 saturated carbocycles. The number of nitrogens with zero attached hydrogens (tertiary/aromatic N) is 1. The fraction of sp³-hybridized carbons (Fsp3) is 0.0769. The molecule has 2 aromatic rings. The third kappa shape index (κ3) is 3.76. The van der Waals surface area contributed by atoms with Crippen molar-refractivity contribution in [1.82, 2.24) is 4.98 Å². The third-order valence-electron chi connectivity index (χ3n) is 2.62. The minimum atomic E-state index is -3.98. The van der Waals surface area contributed by atoms with Gasteiger partial charge in [-0.1, -0.05) is 27.5 Å². The number of hydrogen-bond acceptors (Lipinski definition) is 5. The number of aromatic nitrogens is 1. The number of carbonyl (C=O) groups is 1. The number of hydrogen-bond donors (Lipinski definition) is 1. The number of pyridine rings is 1. The lowest BCUT2D eigenvalue weighted by molar-refractivity contribution is 0.0596. The molecule has 116 valence electrons. The summed E-state index contributed by atoms with van der Waals surface area (Å²) >= 11 is 8.84. The van der Waals surface area contributed by atoms with E-state index in [0.717, 1.165) is 0 Å². The minimum Gasteiger partial charge on any atom is -0.465 e. The molecule has 0 unspecified atom stereocenters. The molecule has 1 N–H and O–H groups in total. The van der Waals surface area contributed by atoms with Crippen molar-refractivity contribution >= 4 is 49.2 Å². The van der Waals surface area contributed by atoms with Crippen molar-refractivity contribution in [2.75, 3.05) is 11.8 Å². The fourth-order valence-electron chi connectivity index (χ4n) is 1.65. The first kappa shape index (κ1) is 16.7. The first-order valence-electron chi connectivity index (χ1n) is 5.86. The molecule has 22 heavy (non-hydrogen) atoms. The zero-order chi connectivity index (χ0) is 16.3. The highest BCUT2D eigenvalue weighted by Crippen LogP contribution is 2.24. The second-order valence-electron chi connectivity index (χ2n) is 4.11. The minimum absolute atomic E-state index is 0.0775. The number of esters is 1. The summed E-state index contributed by atoms with van der Waals surface area (Å²) in [6.07, 6.45) is 1.27. The van der Waals surface area contributed by atoms with Crippen molar-refractivity contribution in [1.29, 1.82) is 0 Å². The van der Waals surface area contributed by atoms with Gasteiger partial charge in [0, 0.05) is 4.47 Å². The highest BCUT2D eigenvalue weighted by Gasteiger charge is 2.23. The number of carbonyl (C=O) groups excluding carboxylic acids is 1. The summed E-state index contributed by atoms with van der Waals surface area (Å²) in [5.41, 5.74) is 0.148. The highest BCUT2D eigenvalue weighted by atomic mass is 79.9. The molecule has 9 heteroatoms. The van der Waals surface area contributed by atoms with Crippen molar-refractivity contribution in [3.63, 3.8) is 0 Å². The Kier molecular flexibility index (Phi) is 5.05. The Balaban J connectivity index is 2.45. The van der Waals surface area contributed by atoms with E-state index in [1.54, 1.807) is 0 Å². The Morgan fingerprint density at radius 2 is 2.05 bits per heavy atom. The molecule has 0 amide bonds. The van der Waals surface area contributed by atoms with Crippen LogP contribution in [0.25, 0.3) is 0 Å². The number of sulfonamides is 1. The molecule has 1 heterocycles. The molecule has 0 spiro atoms. The standard InChI is InChI=1S/C13H10BrClN2O4S/c1-21-13(18)10-6-8(14)2-4-11(10)22(19,20)17-9-3-5-12(15)16-7-9/h2-7,17H,1H3. The van der Waals surface area contributed by atoms with Crippen LogP contribution >= 0.6 is 27.5 Å². The van der Waals surface area contributed by atoms with Gasteiger partial charge >= 0.3 is 5.97 Å². The summed E-state index contributed by atoms with van der Waals surface area (Å²) in [5.74, 6) is -0.754. The number of anilines is 1. The summed E-state index contributed by atoms with van der Waals surface area (Å²) < 4.78 is 32.4. The van der Waals surface area contributed by atoms with Crippen LogP contribution in [-0.2, 0) is 14.8 Å². The van der Waals surface area contributed by atoms with Gasteiger partial charge in [-0.05, 0) is 30.3 Å². The highest BCUT2D eigenvalue weighted by molar-refractivity contribution is 9.10. The van der Waals surface area contributed by atoms with Gasteiger partial charge in [-0.15, -0.1) is 0 Å². The number of ether oxygens (including phenoxy) is 1. The second-order valence-corrected chi connectivity index (χ2v) is 7.06. The maximum Gasteiger partial charge on any atom is 0.339 e. The van der Waals surface area contributed by atoms with Gasteiger partial charge in [0.1, 0.15) is 10.0 Å². The van der Waals surface area contributed by atoms with E-state index in [1.165, 1.54) is 43.6 Å². The maximum absolute atomic E-state index is 12.4. The van der Waals surface area contributed by atoms with Crippen molar-refractivity contribution in [2.45, 2.75) is 4.90 Å². The molecule has 0 aliphatic heterocycles. The zero-order valence-corrected chi connectivity index (χ0v) is 14.4. The van der Waals surface area contributed by atoms with Crippen LogP contribution in [0.1, 0.15) is 10.4 Å². The van der Waals surface area contributed by atoms with E-state index in [-0.39, 0.29) is 21.3 Å². The molecule has 0 atom stereocenters. The molecular weight excluding hydrogens is 396 g/mol. The lowest BCUT2D eigenvalue weighted by Crippen LogP contribution is -2.17. The van der Waals surface area contributed by atoms with Crippen LogP contribution in [0.4, 0.5) is 5.69 Å². The van der Waals surface area contributed by atoms with E-state index in [1.807, 2.05) is 0 Å². The summed E-state index contributed by atoms with van der Waals surface area (Å²) in [5, 5.41) is 0.238. The molecule has 0 aliphatic carbocycles. The maximum atomic E-state index is 12.4. The van der Waals surface area contributed by atoms with Gasteiger partial charge in [-0.2, -0.15) is 0 Å². The molecule has 0 radical (unpaired) electrons. The normalized spacial score (nSPS) is 11.0. The largest absolute Gasteiger partial charge is 0.465 e. The number of benzene rings is 1. The Hall–Kier alpha value is -1.64. The Bertz CT molecular complexity index is 809. The first-order valence-corrected chi connectivity index (χ1v) is 8.51. The van der Waals surface area contributed by atoms with Gasteiger partial charge in [0.15, 0.2) is 0 Å². The van der Waals surface area contributed by atoms with Crippen LogP contribution < -0.4 is 4.72 Å². The van der Waals surface area contributed by atoms with Gasteiger partial charge in [0.25, 0.3) is 10.0 Å². The number of methoxy groups -OCH3 is 1. The van der Waals surface area contributed by atoms with Crippen LogP contribution in [0.3, 0.4) is 0 Å².